The van der Waals surface area contributed by atoms with Crippen LogP contribution in [0.25, 0.3) is 10.6 Å². The van der Waals surface area contributed by atoms with Crippen LogP contribution in [0.3, 0.4) is 0 Å². The molecule has 2 atom stereocenters. The molecule has 0 saturated heterocycles. The molecule has 10 nitrogen and oxygen atoms in total. The van der Waals surface area contributed by atoms with Crippen molar-refractivity contribution in [1.82, 2.24) is 15.5 Å². The molecule has 1 aromatic heterocycles. The maximum Gasteiger partial charge on any atom is 0.319 e. The second kappa shape index (κ2) is 10.2. The first-order valence-electron chi connectivity index (χ1n) is 10.6. The van der Waals surface area contributed by atoms with Gasteiger partial charge in [0.2, 0.25) is 17.8 Å². The zero-order valence-electron chi connectivity index (χ0n) is 18.5. The van der Waals surface area contributed by atoms with Crippen LogP contribution < -0.4 is 25.4 Å². The van der Waals surface area contributed by atoms with Crippen molar-refractivity contribution in [1.29, 1.82) is 5.26 Å². The highest BCUT2D eigenvalue weighted by Crippen LogP contribution is 2.37. The second-order valence-electron chi connectivity index (χ2n) is 7.62. The third-order valence-corrected chi connectivity index (χ3v) is 6.19. The number of nitriles is 1. The fourth-order valence-corrected chi connectivity index (χ4v) is 4.02. The van der Waals surface area contributed by atoms with Gasteiger partial charge in [-0.3, -0.25) is 10.1 Å². The lowest BCUT2D eigenvalue weighted by Gasteiger charge is -2.23. The summed E-state index contributed by atoms with van der Waals surface area (Å²) in [5, 5.41) is 26.3. The van der Waals surface area contributed by atoms with Gasteiger partial charge in [-0.2, -0.15) is 5.26 Å². The van der Waals surface area contributed by atoms with Crippen LogP contribution in [0.2, 0.25) is 0 Å². The molecule has 174 valence electrons. The number of hydrogen-bond acceptors (Lipinski definition) is 8. The number of benzene rings is 2. The monoisotopic (exact) mass is 478 g/mol. The number of nitrogens with zero attached hydrogens (tertiary/aromatic N) is 3. The molecule has 34 heavy (non-hydrogen) atoms. The van der Waals surface area contributed by atoms with Crippen molar-refractivity contribution >= 4 is 34.1 Å². The van der Waals surface area contributed by atoms with Crippen LogP contribution in [0.4, 0.5) is 15.6 Å². The molecule has 1 aliphatic heterocycles. The number of hydrogen-bond donors (Lipinski definition) is 3. The lowest BCUT2D eigenvalue weighted by molar-refractivity contribution is -0.119. The number of carbonyl (C=O) groups excluding carboxylic acids is 2. The Morgan fingerprint density at radius 2 is 1.97 bits per heavy atom. The molecule has 0 saturated carbocycles. The van der Waals surface area contributed by atoms with Crippen LogP contribution in [-0.2, 0) is 4.79 Å². The predicted octanol–water partition coefficient (Wildman–Crippen LogP) is 3.98. The summed E-state index contributed by atoms with van der Waals surface area (Å²) in [6.07, 6.45) is 0.668. The number of carbonyl (C=O) groups is 2. The van der Waals surface area contributed by atoms with Crippen molar-refractivity contribution < 1.29 is 19.1 Å². The zero-order valence-corrected chi connectivity index (χ0v) is 19.3. The molecule has 0 unspecified atom stereocenters. The SMILES string of the molecule is CC[C@H](C)[C@@H](NC(=O)Nc1cccc(C#N)c1)C(=O)Nc1nnc(-c2ccc3c(c2)OCO3)s1. The molecule has 4 rings (SSSR count). The van der Waals surface area contributed by atoms with E-state index in [9.17, 15) is 9.59 Å². The van der Waals surface area contributed by atoms with Crippen LogP contribution in [0.15, 0.2) is 42.5 Å². The van der Waals surface area contributed by atoms with Crippen molar-refractivity contribution in [2.24, 2.45) is 5.92 Å². The van der Waals surface area contributed by atoms with E-state index < -0.39 is 18.0 Å². The van der Waals surface area contributed by atoms with E-state index in [1.165, 1.54) is 11.3 Å². The van der Waals surface area contributed by atoms with Crippen molar-refractivity contribution in [3.8, 4) is 28.1 Å². The quantitative estimate of drug-likeness (QED) is 0.467. The minimum atomic E-state index is -0.804. The summed E-state index contributed by atoms with van der Waals surface area (Å²) in [5.41, 5.74) is 1.67. The van der Waals surface area contributed by atoms with E-state index in [2.05, 4.69) is 26.1 Å². The van der Waals surface area contributed by atoms with Crippen LogP contribution in [0, 0.1) is 17.2 Å². The predicted molar refractivity (Wildman–Crippen MR) is 127 cm³/mol. The van der Waals surface area contributed by atoms with Gasteiger partial charge in [-0.1, -0.05) is 37.7 Å². The Labute approximate surface area is 199 Å². The molecule has 2 heterocycles. The van der Waals surface area contributed by atoms with Crippen LogP contribution in [0.1, 0.15) is 25.8 Å². The largest absolute Gasteiger partial charge is 0.454 e. The van der Waals surface area contributed by atoms with Gasteiger partial charge in [0.05, 0.1) is 11.6 Å². The van der Waals surface area contributed by atoms with Crippen molar-refractivity contribution in [3.63, 3.8) is 0 Å². The highest BCUT2D eigenvalue weighted by Gasteiger charge is 2.27. The molecule has 0 aliphatic carbocycles. The Hall–Kier alpha value is -4.17. The van der Waals surface area contributed by atoms with Crippen LogP contribution in [0.5, 0.6) is 11.5 Å². The van der Waals surface area contributed by atoms with Gasteiger partial charge in [0.25, 0.3) is 0 Å². The third kappa shape index (κ3) is 5.24. The fourth-order valence-electron chi connectivity index (χ4n) is 3.28. The molecule has 3 aromatic rings. The minimum Gasteiger partial charge on any atom is -0.454 e. The number of urea groups is 1. The Morgan fingerprint density at radius 3 is 2.76 bits per heavy atom. The molecular formula is C23H22N6O4S. The van der Waals surface area contributed by atoms with E-state index in [1.54, 1.807) is 30.3 Å². The Bertz CT molecular complexity index is 1250. The zero-order chi connectivity index (χ0) is 24.1. The molecule has 2 aromatic carbocycles. The number of rotatable bonds is 7. The average Bonchev–Trinajstić information content (AvgIpc) is 3.51. The van der Waals surface area contributed by atoms with Gasteiger partial charge in [-0.05, 0) is 42.3 Å². The molecule has 0 radical (unpaired) electrons. The number of anilines is 2. The topological polar surface area (TPSA) is 138 Å². The number of ether oxygens (including phenoxy) is 2. The lowest BCUT2D eigenvalue weighted by atomic mass is 9.98. The van der Waals surface area contributed by atoms with Crippen LogP contribution in [-0.4, -0.2) is 35.0 Å². The molecule has 0 bridgehead atoms. The van der Waals surface area contributed by atoms with Crippen molar-refractivity contribution in [2.75, 3.05) is 17.4 Å². The number of aromatic nitrogens is 2. The molecule has 0 fully saturated rings. The number of nitrogens with one attached hydrogen (secondary N) is 3. The maximum atomic E-state index is 13.0. The van der Waals surface area contributed by atoms with E-state index in [0.29, 0.717) is 39.3 Å². The standard InChI is InChI=1S/C23H22N6O4S/c1-3-13(2)19(26-22(31)25-16-6-4-5-14(9-16)11-24)20(30)27-23-29-28-21(34-23)15-7-8-17-18(10-15)33-12-32-17/h4-10,13,19H,3,12H2,1-2H3,(H2,25,26,31)(H,27,29,30)/t13-,19+/m0/s1. The smallest absolute Gasteiger partial charge is 0.319 e. The normalized spacial score (nSPS) is 13.4. The molecule has 3 N–H and O–H groups in total. The summed E-state index contributed by atoms with van der Waals surface area (Å²) in [5.74, 6) is 0.758. The molecule has 1 aliphatic rings. The fraction of sp³-hybridized carbons (Fsp3) is 0.261. The summed E-state index contributed by atoms with van der Waals surface area (Å²) in [6, 6.07) is 12.6. The van der Waals surface area contributed by atoms with Gasteiger partial charge in [-0.25, -0.2) is 4.79 Å². The summed E-state index contributed by atoms with van der Waals surface area (Å²) in [4.78, 5) is 25.6. The van der Waals surface area contributed by atoms with E-state index in [4.69, 9.17) is 14.7 Å². The summed E-state index contributed by atoms with van der Waals surface area (Å²) in [7, 11) is 0. The van der Waals surface area contributed by atoms with E-state index in [1.807, 2.05) is 32.0 Å². The lowest BCUT2D eigenvalue weighted by Crippen LogP contribution is -2.49. The van der Waals surface area contributed by atoms with Gasteiger partial charge in [0.15, 0.2) is 11.5 Å². The molecule has 3 amide bonds. The third-order valence-electron chi connectivity index (χ3n) is 5.31. The van der Waals surface area contributed by atoms with Crippen molar-refractivity contribution in [2.45, 2.75) is 26.3 Å². The van der Waals surface area contributed by atoms with Gasteiger partial charge < -0.3 is 20.1 Å². The Kier molecular flexibility index (Phi) is 6.89. The molecular weight excluding hydrogens is 456 g/mol. The Morgan fingerprint density at radius 1 is 1.15 bits per heavy atom. The first-order chi connectivity index (χ1) is 16.5. The highest BCUT2D eigenvalue weighted by atomic mass is 32.1. The van der Waals surface area contributed by atoms with Crippen molar-refractivity contribution in [3.05, 3.63) is 48.0 Å². The summed E-state index contributed by atoms with van der Waals surface area (Å²) < 4.78 is 10.7. The first-order valence-corrected chi connectivity index (χ1v) is 11.4. The second-order valence-corrected chi connectivity index (χ2v) is 8.60. The Balaban J connectivity index is 1.42. The van der Waals surface area contributed by atoms with Gasteiger partial charge in [0.1, 0.15) is 11.0 Å². The minimum absolute atomic E-state index is 0.141. The van der Waals surface area contributed by atoms with Gasteiger partial charge in [-0.15, -0.1) is 10.2 Å². The number of fused-ring (bicyclic) bond motifs is 1. The maximum absolute atomic E-state index is 13.0. The molecule has 11 heteroatoms. The van der Waals surface area contributed by atoms with Gasteiger partial charge in [0, 0.05) is 11.3 Å². The number of amides is 3. The van der Waals surface area contributed by atoms with Gasteiger partial charge >= 0.3 is 6.03 Å². The summed E-state index contributed by atoms with van der Waals surface area (Å²) >= 11 is 1.21. The van der Waals surface area contributed by atoms with E-state index in [0.717, 1.165) is 5.56 Å². The summed E-state index contributed by atoms with van der Waals surface area (Å²) in [6.45, 7) is 3.99. The first kappa shape index (κ1) is 23.0. The van der Waals surface area contributed by atoms with Crippen LogP contribution >= 0.6 is 11.3 Å². The average molecular weight is 479 g/mol. The van der Waals surface area contributed by atoms with E-state index >= 15 is 0 Å². The highest BCUT2D eigenvalue weighted by molar-refractivity contribution is 7.18. The van der Waals surface area contributed by atoms with E-state index in [-0.39, 0.29) is 12.7 Å². The molecule has 0 spiro atoms.